The Kier molecular flexibility index (Phi) is 4.27. The molecular formula is C15H26N4. The van der Waals surface area contributed by atoms with Crippen LogP contribution in [0.25, 0.3) is 0 Å². The Labute approximate surface area is 116 Å². The van der Waals surface area contributed by atoms with Crippen molar-refractivity contribution >= 4 is 11.6 Å². The van der Waals surface area contributed by atoms with Crippen LogP contribution in [0, 0.1) is 19.3 Å². The fourth-order valence-corrected chi connectivity index (χ4v) is 2.92. The van der Waals surface area contributed by atoms with Crippen LogP contribution in [0.4, 0.5) is 11.6 Å². The van der Waals surface area contributed by atoms with Crippen molar-refractivity contribution in [2.45, 2.75) is 52.9 Å². The summed E-state index contributed by atoms with van der Waals surface area (Å²) in [6, 6.07) is 0. The van der Waals surface area contributed by atoms with Crippen molar-refractivity contribution in [1.82, 2.24) is 9.97 Å². The van der Waals surface area contributed by atoms with Crippen LogP contribution < -0.4 is 10.6 Å². The van der Waals surface area contributed by atoms with E-state index >= 15 is 0 Å². The molecule has 4 heteroatoms. The van der Waals surface area contributed by atoms with Gasteiger partial charge in [0.05, 0.1) is 0 Å². The number of aryl methyl sites for hydroxylation is 1. The van der Waals surface area contributed by atoms with Gasteiger partial charge in [0, 0.05) is 19.2 Å². The van der Waals surface area contributed by atoms with Gasteiger partial charge < -0.3 is 10.6 Å². The number of hydrogen-bond acceptors (Lipinski definition) is 4. The van der Waals surface area contributed by atoms with Crippen molar-refractivity contribution in [2.75, 3.05) is 24.2 Å². The minimum Gasteiger partial charge on any atom is -0.373 e. The molecular weight excluding hydrogens is 236 g/mol. The highest BCUT2D eigenvalue weighted by Gasteiger charge is 2.26. The minimum absolute atomic E-state index is 0.420. The van der Waals surface area contributed by atoms with Crippen LogP contribution >= 0.6 is 0 Å². The van der Waals surface area contributed by atoms with E-state index in [9.17, 15) is 0 Å². The summed E-state index contributed by atoms with van der Waals surface area (Å²) in [5, 5.41) is 6.68. The fourth-order valence-electron chi connectivity index (χ4n) is 2.92. The van der Waals surface area contributed by atoms with E-state index in [-0.39, 0.29) is 0 Å². The number of anilines is 2. The monoisotopic (exact) mass is 262 g/mol. The Bertz CT molecular complexity index is 436. The van der Waals surface area contributed by atoms with Crippen molar-refractivity contribution in [3.05, 3.63) is 11.4 Å². The Balaban J connectivity index is 2.08. The van der Waals surface area contributed by atoms with Crippen LogP contribution in [0.5, 0.6) is 0 Å². The zero-order valence-electron chi connectivity index (χ0n) is 12.6. The quantitative estimate of drug-likeness (QED) is 0.871. The van der Waals surface area contributed by atoms with E-state index in [2.05, 4.69) is 34.4 Å². The van der Waals surface area contributed by atoms with Gasteiger partial charge >= 0.3 is 0 Å². The van der Waals surface area contributed by atoms with Crippen LogP contribution in [-0.4, -0.2) is 23.6 Å². The normalized spacial score (nSPS) is 18.1. The molecule has 0 unspecified atom stereocenters. The van der Waals surface area contributed by atoms with Gasteiger partial charge in [-0.1, -0.05) is 26.2 Å². The molecule has 1 aliphatic carbocycles. The molecule has 0 radical (unpaired) electrons. The lowest BCUT2D eigenvalue weighted by molar-refractivity contribution is 0.233. The first-order valence-electron chi connectivity index (χ1n) is 7.31. The van der Waals surface area contributed by atoms with E-state index in [4.69, 9.17) is 0 Å². The van der Waals surface area contributed by atoms with E-state index < -0.39 is 0 Å². The second-order valence-electron chi connectivity index (χ2n) is 6.07. The first-order valence-corrected chi connectivity index (χ1v) is 7.31. The maximum absolute atomic E-state index is 4.53. The third-order valence-electron chi connectivity index (χ3n) is 4.24. The van der Waals surface area contributed by atoms with Crippen molar-refractivity contribution in [3.8, 4) is 0 Å². The summed E-state index contributed by atoms with van der Waals surface area (Å²) in [5.41, 5.74) is 1.52. The highest BCUT2D eigenvalue weighted by Crippen LogP contribution is 2.36. The number of nitrogens with one attached hydrogen (secondary N) is 2. The van der Waals surface area contributed by atoms with Crippen molar-refractivity contribution in [1.29, 1.82) is 0 Å². The molecule has 19 heavy (non-hydrogen) atoms. The Hall–Kier alpha value is -1.32. The topological polar surface area (TPSA) is 49.8 Å². The average Bonchev–Trinajstić information content (AvgIpc) is 2.40. The maximum Gasteiger partial charge on any atom is 0.134 e. The summed E-state index contributed by atoms with van der Waals surface area (Å²) in [6.45, 7) is 7.40. The Morgan fingerprint density at radius 3 is 2.32 bits per heavy atom. The molecule has 2 N–H and O–H groups in total. The molecule has 1 heterocycles. The SMILES string of the molecule is CNc1nc(C)nc(NCC2(C)CCCCC2)c1C. The molecule has 1 fully saturated rings. The second-order valence-corrected chi connectivity index (χ2v) is 6.07. The van der Waals surface area contributed by atoms with Gasteiger partial charge in [0.2, 0.25) is 0 Å². The first kappa shape index (κ1) is 14.1. The smallest absolute Gasteiger partial charge is 0.134 e. The van der Waals surface area contributed by atoms with E-state index in [0.717, 1.165) is 29.6 Å². The molecule has 0 aromatic carbocycles. The third kappa shape index (κ3) is 3.37. The van der Waals surface area contributed by atoms with Crippen molar-refractivity contribution in [2.24, 2.45) is 5.41 Å². The molecule has 106 valence electrons. The lowest BCUT2D eigenvalue weighted by atomic mass is 9.76. The molecule has 0 atom stereocenters. The van der Waals surface area contributed by atoms with E-state index in [1.807, 2.05) is 14.0 Å². The van der Waals surface area contributed by atoms with E-state index in [1.165, 1.54) is 32.1 Å². The van der Waals surface area contributed by atoms with Crippen LogP contribution in [0.3, 0.4) is 0 Å². The van der Waals surface area contributed by atoms with Gasteiger partial charge in [-0.2, -0.15) is 0 Å². The zero-order valence-corrected chi connectivity index (χ0v) is 12.6. The highest BCUT2D eigenvalue weighted by molar-refractivity contribution is 5.56. The lowest BCUT2D eigenvalue weighted by Crippen LogP contribution is -2.29. The van der Waals surface area contributed by atoms with Crippen LogP contribution in [-0.2, 0) is 0 Å². The predicted octanol–water partition coefficient (Wildman–Crippen LogP) is 3.52. The van der Waals surface area contributed by atoms with Crippen LogP contribution in [0.15, 0.2) is 0 Å². The lowest BCUT2D eigenvalue weighted by Gasteiger charge is -2.34. The first-order chi connectivity index (χ1) is 9.04. The van der Waals surface area contributed by atoms with E-state index in [0.29, 0.717) is 5.41 Å². The maximum atomic E-state index is 4.53. The summed E-state index contributed by atoms with van der Waals surface area (Å²) in [4.78, 5) is 8.94. The van der Waals surface area contributed by atoms with Gasteiger partial charge in [-0.25, -0.2) is 9.97 Å². The van der Waals surface area contributed by atoms with Gasteiger partial charge in [-0.3, -0.25) is 0 Å². The number of nitrogens with zero attached hydrogens (tertiary/aromatic N) is 2. The number of hydrogen-bond donors (Lipinski definition) is 2. The summed E-state index contributed by atoms with van der Waals surface area (Å²) >= 11 is 0. The number of aromatic nitrogens is 2. The van der Waals surface area contributed by atoms with Crippen molar-refractivity contribution < 1.29 is 0 Å². The molecule has 1 saturated carbocycles. The molecule has 2 rings (SSSR count). The molecule has 1 aromatic rings. The predicted molar refractivity (Wildman–Crippen MR) is 80.7 cm³/mol. The molecule has 0 amide bonds. The molecule has 0 saturated heterocycles. The summed E-state index contributed by atoms with van der Waals surface area (Å²) < 4.78 is 0. The molecule has 0 bridgehead atoms. The summed E-state index contributed by atoms with van der Waals surface area (Å²) in [6.07, 6.45) is 6.76. The molecule has 4 nitrogen and oxygen atoms in total. The van der Waals surface area contributed by atoms with Crippen molar-refractivity contribution in [3.63, 3.8) is 0 Å². The standard InChI is InChI=1S/C15H26N4/c1-11-13(16-4)18-12(2)19-14(11)17-10-15(3)8-6-5-7-9-15/h5-10H2,1-4H3,(H2,16,17,18,19). The Morgan fingerprint density at radius 2 is 1.68 bits per heavy atom. The Morgan fingerprint density at radius 1 is 1.05 bits per heavy atom. The van der Waals surface area contributed by atoms with Gasteiger partial charge in [0.25, 0.3) is 0 Å². The summed E-state index contributed by atoms with van der Waals surface area (Å²) in [7, 11) is 1.90. The molecule has 0 spiro atoms. The van der Waals surface area contributed by atoms with Crippen LogP contribution in [0.2, 0.25) is 0 Å². The zero-order chi connectivity index (χ0) is 13.9. The van der Waals surface area contributed by atoms with Crippen LogP contribution in [0.1, 0.15) is 50.4 Å². The number of rotatable bonds is 4. The average molecular weight is 262 g/mol. The fraction of sp³-hybridized carbons (Fsp3) is 0.733. The van der Waals surface area contributed by atoms with Gasteiger partial charge in [-0.05, 0) is 32.1 Å². The molecule has 0 aliphatic heterocycles. The third-order valence-corrected chi connectivity index (χ3v) is 4.24. The van der Waals surface area contributed by atoms with E-state index in [1.54, 1.807) is 0 Å². The van der Waals surface area contributed by atoms with Gasteiger partial charge in [0.15, 0.2) is 0 Å². The summed E-state index contributed by atoms with van der Waals surface area (Å²) in [5.74, 6) is 2.71. The second kappa shape index (κ2) is 5.76. The highest BCUT2D eigenvalue weighted by atomic mass is 15.1. The largest absolute Gasteiger partial charge is 0.373 e. The van der Waals surface area contributed by atoms with Gasteiger partial charge in [-0.15, -0.1) is 0 Å². The molecule has 1 aromatic heterocycles. The molecule has 1 aliphatic rings. The van der Waals surface area contributed by atoms with Gasteiger partial charge in [0.1, 0.15) is 17.5 Å². The minimum atomic E-state index is 0.420.